The zero-order valence-corrected chi connectivity index (χ0v) is 25.5. The molecule has 41 heavy (non-hydrogen) atoms. The highest BCUT2D eigenvalue weighted by Crippen LogP contribution is 2.30. The number of benzene rings is 1. The second kappa shape index (κ2) is 17.3. The van der Waals surface area contributed by atoms with Crippen LogP contribution in [0, 0.1) is 5.92 Å². The highest BCUT2D eigenvalue weighted by Gasteiger charge is 2.26. The normalized spacial score (nSPS) is 15.4. The lowest BCUT2D eigenvalue weighted by Gasteiger charge is -2.23. The Kier molecular flexibility index (Phi) is 15.0. The lowest BCUT2D eigenvalue weighted by molar-refractivity contribution is -0.155. The van der Waals surface area contributed by atoms with Crippen molar-refractivity contribution in [3.05, 3.63) is 23.8 Å². The van der Waals surface area contributed by atoms with E-state index >= 15 is 0 Å². The van der Waals surface area contributed by atoms with Crippen LogP contribution < -0.4 is 15.2 Å². The van der Waals surface area contributed by atoms with E-state index in [9.17, 15) is 19.2 Å². The van der Waals surface area contributed by atoms with Crippen molar-refractivity contribution in [2.45, 2.75) is 118 Å². The van der Waals surface area contributed by atoms with Crippen molar-refractivity contribution in [1.29, 1.82) is 0 Å². The van der Waals surface area contributed by atoms with E-state index in [1.54, 1.807) is 40.7 Å². The fraction of sp³-hybridized carbons (Fsp3) is 0.655. The van der Waals surface area contributed by atoms with E-state index in [-0.39, 0.29) is 36.0 Å². The molecule has 0 aliphatic carbocycles. The average molecular weight is 584 g/mol. The van der Waals surface area contributed by atoms with Crippen molar-refractivity contribution >= 4 is 24.4 Å². The molecule has 1 rings (SSSR count). The molecular weight excluding hydrogens is 538 g/mol. The number of esters is 1. The number of rotatable bonds is 14. The third kappa shape index (κ3) is 13.1. The summed E-state index contributed by atoms with van der Waals surface area (Å²) in [5.74, 6) is -0.839. The number of carbonyl (C=O) groups is 4. The summed E-state index contributed by atoms with van der Waals surface area (Å²) in [7, 11) is 0. The molecule has 0 saturated carbocycles. The van der Waals surface area contributed by atoms with Crippen molar-refractivity contribution in [3.63, 3.8) is 0 Å². The molecule has 0 heterocycles. The van der Waals surface area contributed by atoms with E-state index in [0.717, 1.165) is 0 Å². The second-order valence-electron chi connectivity index (χ2n) is 10.3. The highest BCUT2D eigenvalue weighted by atomic mass is 16.8. The van der Waals surface area contributed by atoms with Crippen LogP contribution >= 0.6 is 0 Å². The Balaban J connectivity index is 2.92. The Hall–Kier alpha value is -3.54. The summed E-state index contributed by atoms with van der Waals surface area (Å²) < 4.78 is 36.6. The maximum Gasteiger partial charge on any atom is 0.514 e. The topological polar surface area (TPSA) is 159 Å². The van der Waals surface area contributed by atoms with Gasteiger partial charge in [-0.3, -0.25) is 4.79 Å². The molecule has 0 aromatic heterocycles. The van der Waals surface area contributed by atoms with Crippen LogP contribution in [0.5, 0.6) is 11.5 Å². The van der Waals surface area contributed by atoms with Crippen LogP contribution in [0.3, 0.4) is 0 Å². The SMILES string of the molecule is CCC(C)OC(=O)Oc1cc(C[C@H](N)C(=O)OC(C)C(C)OC(=O)OC(C)C(C)C)ccc1OC(=O)O[C@@H](C)CC. The number of hydrogen-bond acceptors (Lipinski definition) is 12. The monoisotopic (exact) mass is 583 g/mol. The lowest BCUT2D eigenvalue weighted by atomic mass is 10.1. The van der Waals surface area contributed by atoms with Crippen LogP contribution in [0.15, 0.2) is 18.2 Å². The van der Waals surface area contributed by atoms with Crippen molar-refractivity contribution in [1.82, 2.24) is 0 Å². The Bertz CT molecular complexity index is 1010. The summed E-state index contributed by atoms with van der Waals surface area (Å²) in [4.78, 5) is 49.1. The van der Waals surface area contributed by atoms with E-state index in [1.165, 1.54) is 12.1 Å². The van der Waals surface area contributed by atoms with Crippen LogP contribution in [0.25, 0.3) is 0 Å². The van der Waals surface area contributed by atoms with E-state index < -0.39 is 48.8 Å². The second-order valence-corrected chi connectivity index (χ2v) is 10.3. The summed E-state index contributed by atoms with van der Waals surface area (Å²) in [6, 6.07) is 3.23. The standard InChI is InChI=1S/C29H45NO11/c1-10-17(5)35-27(32)40-24-13-12-22(15-25(24)41-28(33)36-18(6)11-2)14-23(30)26(31)37-20(8)21(9)39-29(34)38-19(7)16(3)4/h12-13,15-21,23H,10-11,14,30H2,1-9H3/t17-,18?,19?,20?,21?,23-/m0/s1. The molecule has 1 aromatic rings. The zero-order chi connectivity index (χ0) is 31.3. The molecular formula is C29H45NO11. The number of hydrogen-bond donors (Lipinski definition) is 1. The first kappa shape index (κ1) is 35.5. The molecule has 0 spiro atoms. The quantitative estimate of drug-likeness (QED) is 0.162. The number of ether oxygens (including phenoxy) is 7. The summed E-state index contributed by atoms with van der Waals surface area (Å²) in [5.41, 5.74) is 6.56. The molecule has 0 bridgehead atoms. The molecule has 0 amide bonds. The first-order valence-corrected chi connectivity index (χ1v) is 13.9. The molecule has 0 radical (unpaired) electrons. The minimum atomic E-state index is -1.11. The van der Waals surface area contributed by atoms with Gasteiger partial charge in [0.15, 0.2) is 11.5 Å². The van der Waals surface area contributed by atoms with Gasteiger partial charge in [-0.05, 0) is 77.5 Å². The van der Waals surface area contributed by atoms with E-state index in [4.69, 9.17) is 38.9 Å². The Labute approximate surface area is 242 Å². The zero-order valence-electron chi connectivity index (χ0n) is 25.5. The van der Waals surface area contributed by atoms with Gasteiger partial charge in [-0.2, -0.15) is 0 Å². The maximum absolute atomic E-state index is 12.7. The maximum atomic E-state index is 12.7. The van der Waals surface area contributed by atoms with Gasteiger partial charge >= 0.3 is 24.4 Å². The fourth-order valence-electron chi connectivity index (χ4n) is 2.83. The molecule has 6 atom stereocenters. The molecule has 4 unspecified atom stereocenters. The Morgan fingerprint density at radius 3 is 1.66 bits per heavy atom. The van der Waals surface area contributed by atoms with Crippen molar-refractivity contribution in [3.8, 4) is 11.5 Å². The molecule has 0 fully saturated rings. The van der Waals surface area contributed by atoms with Gasteiger partial charge in [-0.15, -0.1) is 0 Å². The molecule has 12 nitrogen and oxygen atoms in total. The minimum absolute atomic E-state index is 0.0108. The Morgan fingerprint density at radius 1 is 0.659 bits per heavy atom. The first-order valence-electron chi connectivity index (χ1n) is 13.9. The molecule has 0 saturated heterocycles. The predicted octanol–water partition coefficient (Wildman–Crippen LogP) is 5.70. The lowest BCUT2D eigenvalue weighted by Crippen LogP contribution is -2.39. The van der Waals surface area contributed by atoms with Crippen LogP contribution in [0.4, 0.5) is 14.4 Å². The van der Waals surface area contributed by atoms with Gasteiger partial charge in [-0.1, -0.05) is 33.8 Å². The Morgan fingerprint density at radius 2 is 1.15 bits per heavy atom. The number of nitrogens with two attached hydrogens (primary N) is 1. The predicted molar refractivity (Wildman–Crippen MR) is 149 cm³/mol. The molecule has 1 aromatic carbocycles. The van der Waals surface area contributed by atoms with Crippen molar-refractivity contribution < 1.29 is 52.3 Å². The third-order valence-corrected chi connectivity index (χ3v) is 6.36. The van der Waals surface area contributed by atoms with Crippen molar-refractivity contribution in [2.24, 2.45) is 11.7 Å². The van der Waals surface area contributed by atoms with Gasteiger partial charge in [0, 0.05) is 0 Å². The fourth-order valence-corrected chi connectivity index (χ4v) is 2.83. The number of carbonyl (C=O) groups excluding carboxylic acids is 4. The summed E-state index contributed by atoms with van der Waals surface area (Å²) in [6.45, 7) is 15.8. The molecule has 232 valence electrons. The summed E-state index contributed by atoms with van der Waals surface area (Å²) in [5, 5.41) is 0. The average Bonchev–Trinajstić information content (AvgIpc) is 2.89. The molecule has 0 aliphatic rings. The van der Waals surface area contributed by atoms with Crippen LogP contribution in [0.1, 0.15) is 80.7 Å². The van der Waals surface area contributed by atoms with Gasteiger partial charge in [0.2, 0.25) is 0 Å². The van der Waals surface area contributed by atoms with Gasteiger partial charge in [0.1, 0.15) is 36.6 Å². The third-order valence-electron chi connectivity index (χ3n) is 6.36. The van der Waals surface area contributed by atoms with E-state index in [0.29, 0.717) is 18.4 Å². The summed E-state index contributed by atoms with van der Waals surface area (Å²) in [6.07, 6.45) is -4.41. The van der Waals surface area contributed by atoms with Gasteiger partial charge < -0.3 is 38.9 Å². The van der Waals surface area contributed by atoms with Crippen LogP contribution in [-0.2, 0) is 34.9 Å². The van der Waals surface area contributed by atoms with Gasteiger partial charge in [0.05, 0.1) is 0 Å². The van der Waals surface area contributed by atoms with Gasteiger partial charge in [0.25, 0.3) is 0 Å². The first-order chi connectivity index (χ1) is 19.2. The van der Waals surface area contributed by atoms with Crippen molar-refractivity contribution in [2.75, 3.05) is 0 Å². The van der Waals surface area contributed by atoms with Gasteiger partial charge in [-0.25, -0.2) is 14.4 Å². The summed E-state index contributed by atoms with van der Waals surface area (Å²) >= 11 is 0. The van der Waals surface area contributed by atoms with Crippen LogP contribution in [0.2, 0.25) is 0 Å². The van der Waals surface area contributed by atoms with Crippen LogP contribution in [-0.4, -0.2) is 61.0 Å². The minimum Gasteiger partial charge on any atom is -0.458 e. The molecule has 12 heteroatoms. The smallest absolute Gasteiger partial charge is 0.458 e. The molecule has 2 N–H and O–H groups in total. The van der Waals surface area contributed by atoms with E-state index in [2.05, 4.69) is 0 Å². The largest absolute Gasteiger partial charge is 0.514 e. The van der Waals surface area contributed by atoms with E-state index in [1.807, 2.05) is 27.7 Å². The molecule has 0 aliphatic heterocycles. The highest BCUT2D eigenvalue weighted by molar-refractivity contribution is 5.76.